The largest absolute Gasteiger partial charge is 0.309 e. The highest BCUT2D eigenvalue weighted by Gasteiger charge is 2.15. The van der Waals surface area contributed by atoms with E-state index in [2.05, 4.69) is 37.4 Å². The van der Waals surface area contributed by atoms with Crippen LogP contribution in [0.5, 0.6) is 0 Å². The normalized spacial score (nSPS) is 12.0. The first kappa shape index (κ1) is 21.2. The molecule has 1 fully saturated rings. The van der Waals surface area contributed by atoms with E-state index in [9.17, 15) is 4.79 Å². The summed E-state index contributed by atoms with van der Waals surface area (Å²) in [6.07, 6.45) is 2.67. The van der Waals surface area contributed by atoms with Gasteiger partial charge in [0.05, 0.1) is 5.52 Å². The Kier molecular flexibility index (Phi) is 7.61. The fourth-order valence-electron chi connectivity index (χ4n) is 3.09. The van der Waals surface area contributed by atoms with Crippen molar-refractivity contribution < 1.29 is 0 Å². The third kappa shape index (κ3) is 5.20. The van der Waals surface area contributed by atoms with Crippen LogP contribution in [0.25, 0.3) is 16.5 Å². The molecule has 1 aliphatic rings. The third-order valence-electron chi connectivity index (χ3n) is 4.71. The van der Waals surface area contributed by atoms with Gasteiger partial charge in [-0.3, -0.25) is 4.79 Å². The predicted molar refractivity (Wildman–Crippen MR) is 121 cm³/mol. The van der Waals surface area contributed by atoms with Crippen molar-refractivity contribution in [1.29, 1.82) is 0 Å². The van der Waals surface area contributed by atoms with Crippen LogP contribution < -0.4 is 5.56 Å². The summed E-state index contributed by atoms with van der Waals surface area (Å²) in [7, 11) is 0. The second kappa shape index (κ2) is 9.70. The molecule has 3 heteroatoms. The van der Waals surface area contributed by atoms with Crippen LogP contribution in [0.3, 0.4) is 0 Å². The molecule has 144 valence electrons. The Morgan fingerprint density at radius 2 is 1.81 bits per heavy atom. The van der Waals surface area contributed by atoms with Crippen LogP contribution in [0.2, 0.25) is 0 Å². The van der Waals surface area contributed by atoms with E-state index < -0.39 is 0 Å². The van der Waals surface area contributed by atoms with Crippen LogP contribution in [-0.4, -0.2) is 4.57 Å². The van der Waals surface area contributed by atoms with Crippen molar-refractivity contribution in [2.24, 2.45) is 0 Å². The zero-order valence-corrected chi connectivity index (χ0v) is 18.2. The number of nitrogens with zero attached hydrogens (tertiary/aromatic N) is 1. The van der Waals surface area contributed by atoms with E-state index in [1.165, 1.54) is 34.2 Å². The zero-order valence-electron chi connectivity index (χ0n) is 17.4. The number of hydrogen-bond donors (Lipinski definition) is 0. The summed E-state index contributed by atoms with van der Waals surface area (Å²) in [5.41, 5.74) is 6.59. The topological polar surface area (TPSA) is 22.0 Å². The monoisotopic (exact) mass is 381 g/mol. The van der Waals surface area contributed by atoms with Crippen molar-refractivity contribution in [3.05, 3.63) is 73.7 Å². The first-order chi connectivity index (χ1) is 13.0. The number of allylic oxidation sites excluding steroid dienone is 2. The van der Waals surface area contributed by atoms with Crippen LogP contribution in [0.15, 0.2) is 52.1 Å². The van der Waals surface area contributed by atoms with E-state index in [1.807, 2.05) is 55.7 Å². The summed E-state index contributed by atoms with van der Waals surface area (Å²) in [6, 6.07) is 12.2. The molecule has 27 heavy (non-hydrogen) atoms. The van der Waals surface area contributed by atoms with E-state index >= 15 is 0 Å². The van der Waals surface area contributed by atoms with Gasteiger partial charge in [0.25, 0.3) is 5.56 Å². The summed E-state index contributed by atoms with van der Waals surface area (Å²) in [4.78, 5) is 13.2. The van der Waals surface area contributed by atoms with Crippen molar-refractivity contribution in [1.82, 2.24) is 4.57 Å². The van der Waals surface area contributed by atoms with E-state index in [0.717, 1.165) is 17.6 Å². The van der Waals surface area contributed by atoms with Gasteiger partial charge in [0, 0.05) is 22.9 Å². The summed E-state index contributed by atoms with van der Waals surface area (Å²) in [5.74, 6) is 0. The molecule has 0 aliphatic heterocycles. The standard InChI is InChI=1S/C13H15NO.C9H10S.C2H6/c1-4-14-12-6-5-9(2)7-11(12)10(3)8-13(14)15;1-7(8-4-5-8)9-3-2-6-10-9;1-2/h5-8H,4H2,1-3H3;2-3,6H,4-5H2,1H3;1-2H3. The number of fused-ring (bicyclic) bond motifs is 1. The fraction of sp³-hybridized carbons (Fsp3) is 0.375. The number of thiophene rings is 1. The van der Waals surface area contributed by atoms with Crippen LogP contribution in [-0.2, 0) is 6.54 Å². The number of aryl methyl sites for hydroxylation is 3. The molecule has 1 saturated carbocycles. The minimum absolute atomic E-state index is 0.0892. The van der Waals surface area contributed by atoms with Gasteiger partial charge in [-0.15, -0.1) is 11.3 Å². The predicted octanol–water partition coefficient (Wildman–Crippen LogP) is 6.98. The van der Waals surface area contributed by atoms with Crippen LogP contribution in [0.1, 0.15) is 56.5 Å². The van der Waals surface area contributed by atoms with E-state index in [1.54, 1.807) is 11.6 Å². The SMILES string of the molecule is CC.CC(=C1CC1)c1cccs1.CCn1c(=O)cc(C)c2cc(C)ccc21. The quantitative estimate of drug-likeness (QED) is 0.469. The lowest BCUT2D eigenvalue weighted by molar-refractivity contribution is 0.758. The van der Waals surface area contributed by atoms with Crippen LogP contribution in [0.4, 0.5) is 0 Å². The number of rotatable bonds is 2. The van der Waals surface area contributed by atoms with Gasteiger partial charge in [-0.1, -0.05) is 37.1 Å². The molecular weight excluding hydrogens is 350 g/mol. The molecule has 0 radical (unpaired) electrons. The Bertz CT molecular complexity index is 972. The van der Waals surface area contributed by atoms with Crippen molar-refractivity contribution in [3.8, 4) is 0 Å². The maximum absolute atomic E-state index is 11.7. The Morgan fingerprint density at radius 1 is 1.11 bits per heavy atom. The number of benzene rings is 1. The van der Waals surface area contributed by atoms with Crippen molar-refractivity contribution in [3.63, 3.8) is 0 Å². The molecule has 1 aliphatic carbocycles. The Hall–Kier alpha value is -2.13. The summed E-state index contributed by atoms with van der Waals surface area (Å²) in [6.45, 7) is 13.0. The van der Waals surface area contributed by atoms with Gasteiger partial charge in [0.2, 0.25) is 0 Å². The van der Waals surface area contributed by atoms with Gasteiger partial charge in [-0.25, -0.2) is 0 Å². The number of pyridine rings is 1. The Morgan fingerprint density at radius 3 is 2.37 bits per heavy atom. The number of aromatic nitrogens is 1. The molecule has 0 saturated heterocycles. The molecule has 0 unspecified atom stereocenters. The minimum Gasteiger partial charge on any atom is -0.309 e. The summed E-state index contributed by atoms with van der Waals surface area (Å²) >= 11 is 1.84. The lowest BCUT2D eigenvalue weighted by Gasteiger charge is -2.10. The second-order valence-electron chi connectivity index (χ2n) is 6.64. The molecule has 0 bridgehead atoms. The van der Waals surface area contributed by atoms with Crippen molar-refractivity contribution in [2.75, 3.05) is 0 Å². The summed E-state index contributed by atoms with van der Waals surface area (Å²) in [5, 5.41) is 3.32. The molecule has 0 atom stereocenters. The lowest BCUT2D eigenvalue weighted by atomic mass is 10.1. The molecule has 2 heterocycles. The average molecular weight is 382 g/mol. The molecule has 3 aromatic rings. The van der Waals surface area contributed by atoms with Crippen molar-refractivity contribution >= 4 is 27.8 Å². The Balaban J connectivity index is 0.000000189. The van der Waals surface area contributed by atoms with Gasteiger partial charge in [0.1, 0.15) is 0 Å². The highest BCUT2D eigenvalue weighted by molar-refractivity contribution is 7.11. The average Bonchev–Trinajstić information content (AvgIpc) is 3.38. The highest BCUT2D eigenvalue weighted by atomic mass is 32.1. The van der Waals surface area contributed by atoms with Gasteiger partial charge in [-0.05, 0) is 75.3 Å². The second-order valence-corrected chi connectivity index (χ2v) is 7.58. The molecular formula is C24H31NOS. The third-order valence-corrected chi connectivity index (χ3v) is 5.70. The fourth-order valence-corrected chi connectivity index (χ4v) is 3.87. The van der Waals surface area contributed by atoms with Crippen LogP contribution in [0, 0.1) is 13.8 Å². The van der Waals surface area contributed by atoms with E-state index in [4.69, 9.17) is 0 Å². The number of hydrogen-bond acceptors (Lipinski definition) is 2. The maximum atomic E-state index is 11.7. The van der Waals surface area contributed by atoms with Gasteiger partial charge < -0.3 is 4.57 Å². The van der Waals surface area contributed by atoms with Gasteiger partial charge >= 0.3 is 0 Å². The Labute approximate surface area is 167 Å². The van der Waals surface area contributed by atoms with Crippen molar-refractivity contribution in [2.45, 2.75) is 60.9 Å². The first-order valence-corrected chi connectivity index (χ1v) is 10.7. The zero-order chi connectivity index (χ0) is 20.0. The molecule has 1 aromatic carbocycles. The molecule has 2 nitrogen and oxygen atoms in total. The molecule has 0 amide bonds. The van der Waals surface area contributed by atoms with E-state index in [-0.39, 0.29) is 5.56 Å². The lowest BCUT2D eigenvalue weighted by Crippen LogP contribution is -2.19. The van der Waals surface area contributed by atoms with Crippen LogP contribution >= 0.6 is 11.3 Å². The summed E-state index contributed by atoms with van der Waals surface area (Å²) < 4.78 is 1.81. The van der Waals surface area contributed by atoms with Gasteiger partial charge in [0.15, 0.2) is 0 Å². The molecule has 4 rings (SSSR count). The molecule has 0 N–H and O–H groups in total. The smallest absolute Gasteiger partial charge is 0.251 e. The first-order valence-electron chi connectivity index (χ1n) is 9.84. The van der Waals surface area contributed by atoms with E-state index in [0.29, 0.717) is 0 Å². The maximum Gasteiger partial charge on any atom is 0.251 e. The minimum atomic E-state index is 0.0892. The molecule has 0 spiro atoms. The highest BCUT2D eigenvalue weighted by Crippen LogP contribution is 2.37. The molecule has 2 aromatic heterocycles. The van der Waals surface area contributed by atoms with Gasteiger partial charge in [-0.2, -0.15) is 0 Å².